The number of anilines is 1. The van der Waals surface area contributed by atoms with Crippen LogP contribution in [0.25, 0.3) is 11.3 Å². The summed E-state index contributed by atoms with van der Waals surface area (Å²) in [6.07, 6.45) is 8.39. The van der Waals surface area contributed by atoms with E-state index in [0.29, 0.717) is 5.92 Å². The third-order valence-corrected chi connectivity index (χ3v) is 4.08. The predicted octanol–water partition coefficient (Wildman–Crippen LogP) is 3.12. The lowest BCUT2D eigenvalue weighted by Crippen LogP contribution is -2.19. The Balaban J connectivity index is 2.15. The molecule has 0 aliphatic carbocycles. The third-order valence-electron chi connectivity index (χ3n) is 4.08. The molecule has 1 N–H and O–H groups in total. The number of nitrogens with zero attached hydrogens (tertiary/aromatic N) is 3. The first-order valence-electron chi connectivity index (χ1n) is 7.52. The molecule has 1 unspecified atom stereocenters. The van der Waals surface area contributed by atoms with Crippen molar-refractivity contribution in [2.24, 2.45) is 13.0 Å². The van der Waals surface area contributed by atoms with Crippen LogP contribution < -0.4 is 5.32 Å². The standard InChI is InChI=1S/C17H20N4O/c1-11-5-4-6-12(2)17(22)20-15-10-19-21(3)16(15)13-7-8-18-14(11)9-13/h4,6-12H,5H2,1-3H3,(H,20,22)/b6-4+/t11?,12-/m1/s1. The number of aryl methyl sites for hydroxylation is 1. The number of allylic oxidation sites excluding steroid dienone is 1. The first-order valence-corrected chi connectivity index (χ1v) is 7.52. The van der Waals surface area contributed by atoms with Crippen LogP contribution in [0, 0.1) is 5.92 Å². The van der Waals surface area contributed by atoms with Gasteiger partial charge >= 0.3 is 0 Å². The number of hydrogen-bond donors (Lipinski definition) is 1. The van der Waals surface area contributed by atoms with Crippen molar-refractivity contribution in [3.63, 3.8) is 0 Å². The maximum atomic E-state index is 12.3. The fourth-order valence-electron chi connectivity index (χ4n) is 2.68. The van der Waals surface area contributed by atoms with Gasteiger partial charge in [0.1, 0.15) is 0 Å². The molecule has 3 heterocycles. The van der Waals surface area contributed by atoms with Crippen LogP contribution in [0.1, 0.15) is 31.9 Å². The van der Waals surface area contributed by atoms with Crippen LogP contribution in [-0.4, -0.2) is 20.7 Å². The normalized spacial score (nSPS) is 23.0. The molecule has 1 aliphatic rings. The average molecular weight is 296 g/mol. The first kappa shape index (κ1) is 14.5. The van der Waals surface area contributed by atoms with Gasteiger partial charge in [0, 0.05) is 30.4 Å². The highest BCUT2D eigenvalue weighted by molar-refractivity contribution is 5.96. The smallest absolute Gasteiger partial charge is 0.231 e. The van der Waals surface area contributed by atoms with E-state index in [4.69, 9.17) is 0 Å². The summed E-state index contributed by atoms with van der Waals surface area (Å²) in [5, 5.41) is 7.26. The number of nitrogens with one attached hydrogen (secondary N) is 1. The highest BCUT2D eigenvalue weighted by Gasteiger charge is 2.18. The second kappa shape index (κ2) is 5.75. The molecule has 0 radical (unpaired) electrons. The van der Waals surface area contributed by atoms with Gasteiger partial charge in [0.15, 0.2) is 0 Å². The van der Waals surface area contributed by atoms with E-state index in [2.05, 4.69) is 34.5 Å². The molecule has 5 heteroatoms. The van der Waals surface area contributed by atoms with Crippen molar-refractivity contribution in [2.75, 3.05) is 5.32 Å². The van der Waals surface area contributed by atoms with E-state index in [0.717, 1.165) is 29.1 Å². The molecule has 2 bridgehead atoms. The quantitative estimate of drug-likeness (QED) is 0.760. The van der Waals surface area contributed by atoms with Crippen molar-refractivity contribution in [3.05, 3.63) is 42.4 Å². The average Bonchev–Trinajstić information content (AvgIpc) is 2.87. The second-order valence-corrected chi connectivity index (χ2v) is 5.84. The van der Waals surface area contributed by atoms with Crippen molar-refractivity contribution in [2.45, 2.75) is 26.2 Å². The summed E-state index contributed by atoms with van der Waals surface area (Å²) < 4.78 is 1.78. The second-order valence-electron chi connectivity index (χ2n) is 5.84. The molecular formula is C17H20N4O. The summed E-state index contributed by atoms with van der Waals surface area (Å²) >= 11 is 0. The number of pyridine rings is 1. The lowest BCUT2D eigenvalue weighted by molar-refractivity contribution is -0.118. The molecule has 0 aromatic carbocycles. The first-order chi connectivity index (χ1) is 10.6. The third kappa shape index (κ3) is 2.66. The van der Waals surface area contributed by atoms with Crippen LogP contribution in [0.3, 0.4) is 0 Å². The molecule has 2 aromatic heterocycles. The minimum Gasteiger partial charge on any atom is -0.322 e. The van der Waals surface area contributed by atoms with E-state index in [1.165, 1.54) is 0 Å². The van der Waals surface area contributed by atoms with Gasteiger partial charge < -0.3 is 5.32 Å². The van der Waals surface area contributed by atoms with Crippen LogP contribution in [0.5, 0.6) is 0 Å². The maximum absolute atomic E-state index is 12.3. The number of carbonyl (C=O) groups excluding carboxylic acids is 1. The highest BCUT2D eigenvalue weighted by Crippen LogP contribution is 2.30. The van der Waals surface area contributed by atoms with Crippen LogP contribution in [-0.2, 0) is 11.8 Å². The summed E-state index contributed by atoms with van der Waals surface area (Å²) in [7, 11) is 1.88. The highest BCUT2D eigenvalue weighted by atomic mass is 16.1. The van der Waals surface area contributed by atoms with Crippen LogP contribution in [0.2, 0.25) is 0 Å². The number of rotatable bonds is 0. The lowest BCUT2D eigenvalue weighted by Gasteiger charge is -2.14. The monoisotopic (exact) mass is 296 g/mol. The topological polar surface area (TPSA) is 59.8 Å². The number of carbonyl (C=O) groups is 1. The molecule has 2 aromatic rings. The summed E-state index contributed by atoms with van der Waals surface area (Å²) in [6, 6.07) is 4.03. The van der Waals surface area contributed by atoms with Crippen molar-refractivity contribution in [3.8, 4) is 11.3 Å². The Kier molecular flexibility index (Phi) is 3.79. The van der Waals surface area contributed by atoms with Gasteiger partial charge in [-0.25, -0.2) is 0 Å². The Bertz CT molecular complexity index is 732. The molecule has 3 rings (SSSR count). The zero-order chi connectivity index (χ0) is 15.7. The van der Waals surface area contributed by atoms with Gasteiger partial charge in [0.05, 0.1) is 23.5 Å². The minimum absolute atomic E-state index is 0.0204. The maximum Gasteiger partial charge on any atom is 0.231 e. The van der Waals surface area contributed by atoms with Crippen molar-refractivity contribution in [1.29, 1.82) is 0 Å². The zero-order valence-electron chi connectivity index (χ0n) is 13.1. The fraction of sp³-hybridized carbons (Fsp3) is 0.353. The Hall–Kier alpha value is -2.43. The molecular weight excluding hydrogens is 276 g/mol. The Labute approximate surface area is 130 Å². The van der Waals surface area contributed by atoms with Crippen molar-refractivity contribution in [1.82, 2.24) is 14.8 Å². The fourth-order valence-corrected chi connectivity index (χ4v) is 2.68. The lowest BCUT2D eigenvalue weighted by atomic mass is 9.98. The molecule has 2 atom stereocenters. The molecule has 1 aliphatic heterocycles. The van der Waals surface area contributed by atoms with Gasteiger partial charge in [0.25, 0.3) is 0 Å². The number of fused-ring (bicyclic) bond motifs is 4. The number of aromatic nitrogens is 3. The number of amides is 1. The van der Waals surface area contributed by atoms with E-state index >= 15 is 0 Å². The van der Waals surface area contributed by atoms with Gasteiger partial charge in [-0.15, -0.1) is 0 Å². The zero-order valence-corrected chi connectivity index (χ0v) is 13.1. The van der Waals surface area contributed by atoms with Crippen LogP contribution in [0.15, 0.2) is 36.7 Å². The molecule has 1 amide bonds. The van der Waals surface area contributed by atoms with E-state index in [9.17, 15) is 4.79 Å². The van der Waals surface area contributed by atoms with Gasteiger partial charge in [-0.2, -0.15) is 5.10 Å². The Morgan fingerprint density at radius 3 is 3.00 bits per heavy atom. The minimum atomic E-state index is -0.175. The molecule has 22 heavy (non-hydrogen) atoms. The van der Waals surface area contributed by atoms with E-state index in [1.54, 1.807) is 10.9 Å². The van der Waals surface area contributed by atoms with Crippen molar-refractivity contribution < 1.29 is 4.79 Å². The van der Waals surface area contributed by atoms with Crippen LogP contribution in [0.4, 0.5) is 5.69 Å². The molecule has 0 saturated heterocycles. The van der Waals surface area contributed by atoms with E-state index in [-0.39, 0.29) is 11.8 Å². The summed E-state index contributed by atoms with van der Waals surface area (Å²) in [6.45, 7) is 4.05. The summed E-state index contributed by atoms with van der Waals surface area (Å²) in [5.74, 6) is 0.113. The molecule has 0 spiro atoms. The van der Waals surface area contributed by atoms with Gasteiger partial charge in [-0.05, 0) is 18.6 Å². The van der Waals surface area contributed by atoms with E-state index in [1.807, 2.05) is 32.3 Å². The summed E-state index contributed by atoms with van der Waals surface area (Å²) in [4.78, 5) is 16.8. The Morgan fingerprint density at radius 2 is 2.18 bits per heavy atom. The van der Waals surface area contributed by atoms with E-state index < -0.39 is 0 Å². The molecule has 0 fully saturated rings. The van der Waals surface area contributed by atoms with Gasteiger partial charge in [0.2, 0.25) is 5.91 Å². The SMILES string of the molecule is CC1C/C=C/[C@@H](C)C(=O)Nc2cnn(C)c2-c2ccnc1c2. The molecule has 5 nitrogen and oxygen atoms in total. The Morgan fingerprint density at radius 1 is 1.36 bits per heavy atom. The van der Waals surface area contributed by atoms with Gasteiger partial charge in [-0.1, -0.05) is 26.0 Å². The molecule has 114 valence electrons. The van der Waals surface area contributed by atoms with Crippen molar-refractivity contribution >= 4 is 11.6 Å². The summed E-state index contributed by atoms with van der Waals surface area (Å²) in [5.41, 5.74) is 3.71. The predicted molar refractivity (Wildman–Crippen MR) is 86.4 cm³/mol. The van der Waals surface area contributed by atoms with Crippen LogP contribution >= 0.6 is 0 Å². The largest absolute Gasteiger partial charge is 0.322 e. The number of hydrogen-bond acceptors (Lipinski definition) is 3. The van der Waals surface area contributed by atoms with Gasteiger partial charge in [-0.3, -0.25) is 14.5 Å². The molecule has 0 saturated carbocycles.